The van der Waals surface area contributed by atoms with Gasteiger partial charge in [0.1, 0.15) is 13.2 Å². The maximum Gasteiger partial charge on any atom is 0.424 e. The molecule has 0 spiro atoms. The zero-order valence-corrected chi connectivity index (χ0v) is 20.8. The second-order valence-corrected chi connectivity index (χ2v) is 7.92. The maximum absolute atomic E-state index is 13.0. The Hall–Kier alpha value is -6.20. The van der Waals surface area contributed by atoms with Gasteiger partial charge in [-0.05, 0) is 47.5 Å². The Labute approximate surface area is 228 Å². The van der Waals surface area contributed by atoms with Gasteiger partial charge in [-0.3, -0.25) is 40.5 Å². The number of nitro groups is 4. The van der Waals surface area contributed by atoms with Crippen LogP contribution in [0.4, 0.5) is 43.7 Å². The first-order valence-corrected chi connectivity index (χ1v) is 11.2. The van der Waals surface area contributed by atoms with Gasteiger partial charge in [0.25, 0.3) is 0 Å². The van der Waals surface area contributed by atoms with E-state index in [0.717, 1.165) is 36.4 Å². The standard InChI is InChI=1S/C23H18N6O12/c1-24-16-4-6-17(7-5-16)25(22(30)40-12-14-2-8-18(26(32)33)20(10-14)28(36)37)23(31)41-13-15-3-9-19(27(34)35)21(11-15)29(38)39/h2-11,24H,12-13H2,1H3. The third-order valence-corrected chi connectivity index (χ3v) is 5.37. The first kappa shape index (κ1) is 29.4. The molecule has 0 atom stereocenters. The molecule has 3 rings (SSSR count). The summed E-state index contributed by atoms with van der Waals surface area (Å²) in [6.45, 7) is -1.24. The van der Waals surface area contributed by atoms with Crippen molar-refractivity contribution < 1.29 is 38.8 Å². The van der Waals surface area contributed by atoms with E-state index < -0.39 is 67.8 Å². The molecule has 0 aliphatic carbocycles. The number of carbonyl (C=O) groups excluding carboxylic acids is 2. The minimum atomic E-state index is -1.29. The van der Waals surface area contributed by atoms with Gasteiger partial charge < -0.3 is 14.8 Å². The number of hydrogen-bond acceptors (Lipinski definition) is 13. The van der Waals surface area contributed by atoms with Crippen molar-refractivity contribution in [3.05, 3.63) is 112 Å². The molecule has 0 radical (unpaired) electrons. The molecule has 0 saturated heterocycles. The molecule has 212 valence electrons. The van der Waals surface area contributed by atoms with Gasteiger partial charge in [-0.1, -0.05) is 0 Å². The average Bonchev–Trinajstić information content (AvgIpc) is 2.94. The Morgan fingerprint density at radius 1 is 0.659 bits per heavy atom. The molecule has 3 aromatic carbocycles. The third kappa shape index (κ3) is 7.02. The summed E-state index contributed by atoms with van der Waals surface area (Å²) in [4.78, 5) is 67.0. The molecule has 0 unspecified atom stereocenters. The molecule has 18 nitrogen and oxygen atoms in total. The molecule has 41 heavy (non-hydrogen) atoms. The fraction of sp³-hybridized carbons (Fsp3) is 0.130. The van der Waals surface area contributed by atoms with E-state index in [1.807, 2.05) is 0 Å². The summed E-state index contributed by atoms with van der Waals surface area (Å²) < 4.78 is 10.2. The predicted molar refractivity (Wildman–Crippen MR) is 138 cm³/mol. The fourth-order valence-electron chi connectivity index (χ4n) is 3.40. The summed E-state index contributed by atoms with van der Waals surface area (Å²) in [5, 5.41) is 47.3. The lowest BCUT2D eigenvalue weighted by Crippen LogP contribution is -2.37. The highest BCUT2D eigenvalue weighted by molar-refractivity contribution is 6.09. The van der Waals surface area contributed by atoms with Crippen molar-refractivity contribution in [3.8, 4) is 0 Å². The minimum absolute atomic E-state index is 0.00712. The van der Waals surface area contributed by atoms with E-state index in [2.05, 4.69) is 5.32 Å². The second kappa shape index (κ2) is 12.6. The van der Waals surface area contributed by atoms with E-state index in [-0.39, 0.29) is 16.8 Å². The van der Waals surface area contributed by atoms with Crippen molar-refractivity contribution in [2.45, 2.75) is 13.2 Å². The van der Waals surface area contributed by atoms with Crippen molar-refractivity contribution in [2.75, 3.05) is 17.3 Å². The van der Waals surface area contributed by atoms with Crippen LogP contribution in [-0.2, 0) is 22.7 Å². The quantitative estimate of drug-likeness (QED) is 0.254. The van der Waals surface area contributed by atoms with E-state index in [1.165, 1.54) is 24.3 Å². The van der Waals surface area contributed by atoms with Gasteiger partial charge in [0.15, 0.2) is 0 Å². The van der Waals surface area contributed by atoms with Crippen LogP contribution in [0, 0.1) is 40.5 Å². The number of anilines is 2. The molecular weight excluding hydrogens is 552 g/mol. The van der Waals surface area contributed by atoms with Gasteiger partial charge in [0, 0.05) is 37.0 Å². The fourth-order valence-corrected chi connectivity index (χ4v) is 3.40. The SMILES string of the molecule is CNc1ccc(N(C(=O)OCc2ccc([N+](=O)[O-])c([N+](=O)[O-])c2)C(=O)OCc2ccc([N+](=O)[O-])c([N+](=O)[O-])c2)cc1. The van der Waals surface area contributed by atoms with Crippen LogP contribution in [0.5, 0.6) is 0 Å². The lowest BCUT2D eigenvalue weighted by atomic mass is 10.2. The van der Waals surface area contributed by atoms with E-state index in [4.69, 9.17) is 9.47 Å². The van der Waals surface area contributed by atoms with Crippen LogP contribution >= 0.6 is 0 Å². The van der Waals surface area contributed by atoms with Gasteiger partial charge in [-0.2, -0.15) is 4.90 Å². The Kier molecular flexibility index (Phi) is 9.00. The number of nitrogens with one attached hydrogen (secondary N) is 1. The molecule has 3 aromatic rings. The predicted octanol–water partition coefficient (Wildman–Crippen LogP) is 4.84. The van der Waals surface area contributed by atoms with Crippen LogP contribution in [0.2, 0.25) is 0 Å². The zero-order valence-electron chi connectivity index (χ0n) is 20.8. The zero-order chi connectivity index (χ0) is 30.3. The first-order chi connectivity index (χ1) is 19.4. The number of nitro benzene ring substituents is 4. The van der Waals surface area contributed by atoms with E-state index in [1.54, 1.807) is 7.05 Å². The molecule has 0 bridgehead atoms. The van der Waals surface area contributed by atoms with Gasteiger partial charge in [-0.25, -0.2) is 9.59 Å². The Morgan fingerprint density at radius 2 is 1.05 bits per heavy atom. The van der Waals surface area contributed by atoms with Crippen molar-refractivity contribution in [1.82, 2.24) is 0 Å². The molecule has 0 fully saturated rings. The Bertz CT molecular complexity index is 1450. The molecule has 0 aromatic heterocycles. The van der Waals surface area contributed by atoms with Crippen LogP contribution < -0.4 is 10.2 Å². The van der Waals surface area contributed by atoms with Crippen molar-refractivity contribution >= 4 is 46.3 Å². The smallest absolute Gasteiger partial charge is 0.424 e. The van der Waals surface area contributed by atoms with E-state index in [0.29, 0.717) is 10.6 Å². The summed E-state index contributed by atoms with van der Waals surface area (Å²) in [6.07, 6.45) is -2.58. The summed E-state index contributed by atoms with van der Waals surface area (Å²) in [5.41, 5.74) is -2.60. The largest absolute Gasteiger partial charge is 0.444 e. The minimum Gasteiger partial charge on any atom is -0.444 e. The number of carbonyl (C=O) groups is 2. The average molecular weight is 570 g/mol. The van der Waals surface area contributed by atoms with Crippen molar-refractivity contribution in [2.24, 2.45) is 0 Å². The van der Waals surface area contributed by atoms with Crippen LogP contribution in [-0.4, -0.2) is 38.9 Å². The highest BCUT2D eigenvalue weighted by Crippen LogP contribution is 2.29. The summed E-state index contributed by atoms with van der Waals surface area (Å²) in [6, 6.07) is 11.4. The Balaban J connectivity index is 1.83. The molecule has 0 aliphatic rings. The number of rotatable bonds is 10. The highest BCUT2D eigenvalue weighted by Gasteiger charge is 2.29. The molecule has 0 aliphatic heterocycles. The normalized spacial score (nSPS) is 10.3. The third-order valence-electron chi connectivity index (χ3n) is 5.37. The number of benzene rings is 3. The molecule has 1 N–H and O–H groups in total. The highest BCUT2D eigenvalue weighted by atomic mass is 16.6. The number of nitrogens with zero attached hydrogens (tertiary/aromatic N) is 5. The number of imide groups is 1. The second-order valence-electron chi connectivity index (χ2n) is 7.92. The molecular formula is C23H18N6O12. The van der Waals surface area contributed by atoms with Crippen LogP contribution in [0.25, 0.3) is 0 Å². The van der Waals surface area contributed by atoms with Crippen molar-refractivity contribution in [3.63, 3.8) is 0 Å². The number of amides is 2. The van der Waals surface area contributed by atoms with Gasteiger partial charge >= 0.3 is 34.9 Å². The number of ether oxygens (including phenoxy) is 2. The monoisotopic (exact) mass is 570 g/mol. The lowest BCUT2D eigenvalue weighted by molar-refractivity contribution is -0.422. The van der Waals surface area contributed by atoms with Gasteiger partial charge in [0.2, 0.25) is 0 Å². The van der Waals surface area contributed by atoms with E-state index in [9.17, 15) is 50.0 Å². The summed E-state index contributed by atoms with van der Waals surface area (Å²) in [7, 11) is 1.63. The van der Waals surface area contributed by atoms with Crippen LogP contribution in [0.1, 0.15) is 11.1 Å². The molecule has 2 amide bonds. The van der Waals surface area contributed by atoms with Gasteiger partial charge in [0.05, 0.1) is 25.4 Å². The van der Waals surface area contributed by atoms with Crippen LogP contribution in [0.3, 0.4) is 0 Å². The summed E-state index contributed by atoms with van der Waals surface area (Å²) in [5.74, 6) is 0. The summed E-state index contributed by atoms with van der Waals surface area (Å²) >= 11 is 0. The lowest BCUT2D eigenvalue weighted by Gasteiger charge is -2.20. The maximum atomic E-state index is 13.0. The van der Waals surface area contributed by atoms with Crippen molar-refractivity contribution in [1.29, 1.82) is 0 Å². The Morgan fingerprint density at radius 3 is 1.39 bits per heavy atom. The topological polar surface area (TPSA) is 240 Å². The number of hydrogen-bond donors (Lipinski definition) is 1. The molecule has 0 heterocycles. The van der Waals surface area contributed by atoms with E-state index >= 15 is 0 Å². The molecule has 0 saturated carbocycles. The van der Waals surface area contributed by atoms with Crippen LogP contribution in [0.15, 0.2) is 60.7 Å². The molecule has 18 heteroatoms. The van der Waals surface area contributed by atoms with Gasteiger partial charge in [-0.15, -0.1) is 0 Å². The first-order valence-electron chi connectivity index (χ1n) is 11.2.